The summed E-state index contributed by atoms with van der Waals surface area (Å²) in [4.78, 5) is 0. The van der Waals surface area contributed by atoms with Crippen LogP contribution in [0.1, 0.15) is 24.5 Å². The molecule has 2 N–H and O–H groups in total. The highest BCUT2D eigenvalue weighted by Crippen LogP contribution is 2.25. The van der Waals surface area contributed by atoms with Crippen LogP contribution in [-0.2, 0) is 13.0 Å². The summed E-state index contributed by atoms with van der Waals surface area (Å²) in [7, 11) is 0. The van der Waals surface area contributed by atoms with Gasteiger partial charge in [-0.2, -0.15) is 0 Å². The normalized spacial score (nSPS) is 15.6. The van der Waals surface area contributed by atoms with Crippen LogP contribution in [0.2, 0.25) is 0 Å². The number of benzene rings is 1. The van der Waals surface area contributed by atoms with Gasteiger partial charge in [-0.3, -0.25) is 0 Å². The summed E-state index contributed by atoms with van der Waals surface area (Å²) in [5.41, 5.74) is 2.56. The van der Waals surface area contributed by atoms with E-state index >= 15 is 0 Å². The molecule has 0 aliphatic carbocycles. The molecule has 0 bridgehead atoms. The fourth-order valence-corrected chi connectivity index (χ4v) is 1.95. The summed E-state index contributed by atoms with van der Waals surface area (Å²) >= 11 is 0. The molecule has 3 nitrogen and oxygen atoms in total. The molecule has 0 spiro atoms. The predicted octanol–water partition coefficient (Wildman–Crippen LogP) is 1.48. The Kier molecular flexibility index (Phi) is 3.80. The predicted molar refractivity (Wildman–Crippen MR) is 63.6 cm³/mol. The minimum Gasteiger partial charge on any atom is -0.493 e. The van der Waals surface area contributed by atoms with Gasteiger partial charge >= 0.3 is 0 Å². The highest BCUT2D eigenvalue weighted by Gasteiger charge is 2.12. The van der Waals surface area contributed by atoms with E-state index in [0.29, 0.717) is 0 Å². The largest absolute Gasteiger partial charge is 0.493 e. The minimum atomic E-state index is 0.199. The minimum absolute atomic E-state index is 0.199. The molecule has 0 saturated heterocycles. The Morgan fingerprint density at radius 2 is 2.38 bits per heavy atom. The van der Waals surface area contributed by atoms with Crippen molar-refractivity contribution in [2.75, 3.05) is 13.2 Å². The molecule has 0 aromatic heterocycles. The number of rotatable bonds is 5. The van der Waals surface area contributed by atoms with Gasteiger partial charge in [0.25, 0.3) is 0 Å². The molecular formula is C13H19NO2. The Balaban J connectivity index is 1.95. The van der Waals surface area contributed by atoms with Gasteiger partial charge in [-0.1, -0.05) is 19.1 Å². The van der Waals surface area contributed by atoms with Crippen molar-refractivity contribution in [1.29, 1.82) is 0 Å². The summed E-state index contributed by atoms with van der Waals surface area (Å²) in [5.74, 6) is 1.03. The summed E-state index contributed by atoms with van der Waals surface area (Å²) in [6.07, 6.45) is 1.96. The molecule has 2 rings (SSSR count). The second kappa shape index (κ2) is 5.32. The second-order valence-corrected chi connectivity index (χ2v) is 4.21. The van der Waals surface area contributed by atoms with Crippen molar-refractivity contribution in [2.45, 2.75) is 32.4 Å². The molecule has 88 valence electrons. The SMILES string of the molecule is CC[C@H](CO)NCc1ccc2c(c1)CCO2. The first-order valence-corrected chi connectivity index (χ1v) is 5.92. The van der Waals surface area contributed by atoms with Crippen LogP contribution in [0.3, 0.4) is 0 Å². The maximum Gasteiger partial charge on any atom is 0.122 e. The molecule has 1 aliphatic rings. The van der Waals surface area contributed by atoms with Crippen LogP contribution in [0.15, 0.2) is 18.2 Å². The fourth-order valence-electron chi connectivity index (χ4n) is 1.95. The number of hydrogen-bond donors (Lipinski definition) is 2. The molecule has 0 radical (unpaired) electrons. The van der Waals surface area contributed by atoms with E-state index in [-0.39, 0.29) is 12.6 Å². The van der Waals surface area contributed by atoms with Crippen molar-refractivity contribution in [3.05, 3.63) is 29.3 Å². The zero-order valence-corrected chi connectivity index (χ0v) is 9.70. The average Bonchev–Trinajstić information content (AvgIpc) is 2.77. The van der Waals surface area contributed by atoms with E-state index in [4.69, 9.17) is 9.84 Å². The van der Waals surface area contributed by atoms with Crippen LogP contribution in [0.25, 0.3) is 0 Å². The number of hydrogen-bond acceptors (Lipinski definition) is 3. The summed E-state index contributed by atoms with van der Waals surface area (Å²) in [5, 5.41) is 12.4. The third-order valence-electron chi connectivity index (χ3n) is 3.06. The Labute approximate surface area is 96.4 Å². The maximum absolute atomic E-state index is 9.08. The molecule has 3 heteroatoms. The molecular weight excluding hydrogens is 202 g/mol. The molecule has 1 atom stereocenters. The van der Waals surface area contributed by atoms with Crippen LogP contribution in [0.5, 0.6) is 5.75 Å². The lowest BCUT2D eigenvalue weighted by molar-refractivity contribution is 0.238. The number of aliphatic hydroxyl groups excluding tert-OH is 1. The van der Waals surface area contributed by atoms with Gasteiger partial charge < -0.3 is 15.2 Å². The number of ether oxygens (including phenoxy) is 1. The van der Waals surface area contributed by atoms with Gasteiger partial charge in [-0.25, -0.2) is 0 Å². The first-order valence-electron chi connectivity index (χ1n) is 5.92. The van der Waals surface area contributed by atoms with E-state index in [1.807, 2.05) is 6.07 Å². The Hall–Kier alpha value is -1.06. The van der Waals surface area contributed by atoms with E-state index in [2.05, 4.69) is 24.4 Å². The van der Waals surface area contributed by atoms with Crippen LogP contribution in [-0.4, -0.2) is 24.4 Å². The molecule has 0 unspecified atom stereocenters. The van der Waals surface area contributed by atoms with E-state index in [0.717, 1.165) is 31.7 Å². The van der Waals surface area contributed by atoms with E-state index in [9.17, 15) is 0 Å². The van der Waals surface area contributed by atoms with Crippen molar-refractivity contribution in [1.82, 2.24) is 5.32 Å². The molecule has 16 heavy (non-hydrogen) atoms. The van der Waals surface area contributed by atoms with Gasteiger partial charge in [-0.05, 0) is 23.6 Å². The van der Waals surface area contributed by atoms with E-state index in [1.54, 1.807) is 0 Å². The van der Waals surface area contributed by atoms with Crippen molar-refractivity contribution < 1.29 is 9.84 Å². The third kappa shape index (κ3) is 2.54. The topological polar surface area (TPSA) is 41.5 Å². The lowest BCUT2D eigenvalue weighted by Gasteiger charge is -2.14. The number of fused-ring (bicyclic) bond motifs is 1. The molecule has 1 aromatic carbocycles. The Morgan fingerprint density at radius 3 is 3.12 bits per heavy atom. The van der Waals surface area contributed by atoms with E-state index < -0.39 is 0 Å². The van der Waals surface area contributed by atoms with Crippen molar-refractivity contribution >= 4 is 0 Å². The quantitative estimate of drug-likeness (QED) is 0.791. The highest BCUT2D eigenvalue weighted by molar-refractivity contribution is 5.39. The zero-order valence-electron chi connectivity index (χ0n) is 9.70. The average molecular weight is 221 g/mol. The summed E-state index contributed by atoms with van der Waals surface area (Å²) in [6.45, 7) is 3.89. The third-order valence-corrected chi connectivity index (χ3v) is 3.06. The number of nitrogens with one attached hydrogen (secondary N) is 1. The lowest BCUT2D eigenvalue weighted by Crippen LogP contribution is -2.31. The van der Waals surface area contributed by atoms with E-state index in [1.165, 1.54) is 11.1 Å². The summed E-state index contributed by atoms with van der Waals surface area (Å²) < 4.78 is 5.46. The first kappa shape index (κ1) is 11.4. The van der Waals surface area contributed by atoms with Crippen LogP contribution in [0, 0.1) is 0 Å². The van der Waals surface area contributed by atoms with Gasteiger partial charge in [0.1, 0.15) is 5.75 Å². The van der Waals surface area contributed by atoms with Gasteiger partial charge in [0.15, 0.2) is 0 Å². The van der Waals surface area contributed by atoms with Crippen LogP contribution < -0.4 is 10.1 Å². The highest BCUT2D eigenvalue weighted by atomic mass is 16.5. The van der Waals surface area contributed by atoms with Gasteiger partial charge in [0, 0.05) is 19.0 Å². The molecule has 0 amide bonds. The smallest absolute Gasteiger partial charge is 0.122 e. The Bertz CT molecular complexity index is 348. The monoisotopic (exact) mass is 221 g/mol. The molecule has 1 heterocycles. The molecule has 1 aromatic rings. The fraction of sp³-hybridized carbons (Fsp3) is 0.538. The van der Waals surface area contributed by atoms with Crippen molar-refractivity contribution in [3.63, 3.8) is 0 Å². The van der Waals surface area contributed by atoms with Crippen molar-refractivity contribution in [3.8, 4) is 5.75 Å². The van der Waals surface area contributed by atoms with Gasteiger partial charge in [0.2, 0.25) is 0 Å². The van der Waals surface area contributed by atoms with Crippen LogP contribution >= 0.6 is 0 Å². The Morgan fingerprint density at radius 1 is 1.50 bits per heavy atom. The molecule has 0 fully saturated rings. The standard InChI is InChI=1S/C13H19NO2/c1-2-12(9-15)14-8-10-3-4-13-11(7-10)5-6-16-13/h3-4,7,12,14-15H,2,5-6,8-9H2,1H3/t12-/m1/s1. The van der Waals surface area contributed by atoms with Gasteiger partial charge in [0.05, 0.1) is 13.2 Å². The maximum atomic E-state index is 9.08. The molecule has 0 saturated carbocycles. The van der Waals surface area contributed by atoms with Crippen molar-refractivity contribution in [2.24, 2.45) is 0 Å². The second-order valence-electron chi connectivity index (χ2n) is 4.21. The summed E-state index contributed by atoms with van der Waals surface area (Å²) in [6, 6.07) is 6.52. The first-order chi connectivity index (χ1) is 7.83. The van der Waals surface area contributed by atoms with Crippen LogP contribution in [0.4, 0.5) is 0 Å². The zero-order chi connectivity index (χ0) is 11.4. The molecule has 1 aliphatic heterocycles. The lowest BCUT2D eigenvalue weighted by atomic mass is 10.1. The van der Waals surface area contributed by atoms with Gasteiger partial charge in [-0.15, -0.1) is 0 Å². The number of aliphatic hydroxyl groups is 1.